The summed E-state index contributed by atoms with van der Waals surface area (Å²) in [6, 6.07) is 22.0. The van der Waals surface area contributed by atoms with Crippen molar-refractivity contribution in [2.45, 2.75) is 31.7 Å². The zero-order chi connectivity index (χ0) is 29.5. The molecule has 210 valence electrons. The molecule has 8 nitrogen and oxygen atoms in total. The molecule has 2 atom stereocenters. The van der Waals surface area contributed by atoms with Gasteiger partial charge in [-0.15, -0.1) is 0 Å². The molecule has 2 unspecified atom stereocenters. The summed E-state index contributed by atoms with van der Waals surface area (Å²) in [4.78, 5) is 47.1. The zero-order valence-electron chi connectivity index (χ0n) is 23.0. The van der Waals surface area contributed by atoms with Gasteiger partial charge in [0.05, 0.1) is 7.11 Å². The Labute approximate surface area is 236 Å². The van der Waals surface area contributed by atoms with Crippen molar-refractivity contribution in [1.29, 1.82) is 0 Å². The van der Waals surface area contributed by atoms with Crippen molar-refractivity contribution in [1.82, 2.24) is 4.57 Å². The maximum absolute atomic E-state index is 14.0. The highest BCUT2D eigenvalue weighted by Crippen LogP contribution is 2.38. The van der Waals surface area contributed by atoms with Crippen molar-refractivity contribution in [2.24, 2.45) is 12.2 Å². The molecule has 0 saturated heterocycles. The van der Waals surface area contributed by atoms with E-state index in [0.717, 1.165) is 27.8 Å². The number of aromatic nitrogens is 1. The Morgan fingerprint density at radius 3 is 2.17 bits per heavy atom. The molecule has 1 heterocycles. The van der Waals surface area contributed by atoms with E-state index >= 15 is 0 Å². The van der Waals surface area contributed by atoms with Gasteiger partial charge >= 0.3 is 5.97 Å². The molecule has 3 aromatic carbocycles. The first-order chi connectivity index (χ1) is 19.7. The van der Waals surface area contributed by atoms with Gasteiger partial charge in [0.1, 0.15) is 18.3 Å². The number of methoxy groups -OCH3 is 1. The van der Waals surface area contributed by atoms with Crippen LogP contribution in [0.4, 0.5) is 10.1 Å². The highest BCUT2D eigenvalue weighted by Gasteiger charge is 2.24. The number of aryl methyl sites for hydroxylation is 2. The molecule has 9 heteroatoms. The minimum Gasteiger partial charge on any atom is -0.469 e. The first-order valence-electron chi connectivity index (χ1n) is 13.0. The SMILES string of the molecule is COC(=O)CC(=O)Nc1ccc(-c2ccc(C(CC(N=O)c3ccc(=O)n(C)c3)c3ccc(F)cc3C)cc2)cc1. The highest BCUT2D eigenvalue weighted by molar-refractivity contribution is 6.01. The largest absolute Gasteiger partial charge is 0.469 e. The van der Waals surface area contributed by atoms with Crippen LogP contribution < -0.4 is 10.9 Å². The number of benzene rings is 3. The lowest BCUT2D eigenvalue weighted by molar-refractivity contribution is -0.142. The van der Waals surface area contributed by atoms with Crippen LogP contribution in [-0.4, -0.2) is 23.6 Å². The first kappa shape index (κ1) is 29.1. The Hall–Kier alpha value is -4.92. The Kier molecular flexibility index (Phi) is 9.19. The van der Waals surface area contributed by atoms with Crippen molar-refractivity contribution in [3.63, 3.8) is 0 Å². The number of carbonyl (C=O) groups excluding carboxylic acids is 2. The fourth-order valence-corrected chi connectivity index (χ4v) is 4.81. The molecule has 4 rings (SSSR count). The maximum atomic E-state index is 14.0. The summed E-state index contributed by atoms with van der Waals surface area (Å²) in [6.07, 6.45) is 1.58. The van der Waals surface area contributed by atoms with Gasteiger partial charge in [-0.25, -0.2) is 4.39 Å². The van der Waals surface area contributed by atoms with E-state index in [0.29, 0.717) is 17.7 Å². The van der Waals surface area contributed by atoms with Crippen molar-refractivity contribution in [3.8, 4) is 11.1 Å². The van der Waals surface area contributed by atoms with E-state index in [4.69, 9.17) is 0 Å². The third kappa shape index (κ3) is 7.19. The fourth-order valence-electron chi connectivity index (χ4n) is 4.81. The average molecular weight is 556 g/mol. The molecule has 41 heavy (non-hydrogen) atoms. The van der Waals surface area contributed by atoms with E-state index in [9.17, 15) is 23.7 Å². The van der Waals surface area contributed by atoms with Crippen molar-refractivity contribution in [3.05, 3.63) is 128 Å². The van der Waals surface area contributed by atoms with Gasteiger partial charge in [-0.05, 0) is 77.1 Å². The van der Waals surface area contributed by atoms with Gasteiger partial charge in [0.2, 0.25) is 11.5 Å². The summed E-state index contributed by atoms with van der Waals surface area (Å²) < 4.78 is 19.9. The first-order valence-corrected chi connectivity index (χ1v) is 13.0. The van der Waals surface area contributed by atoms with E-state index in [-0.39, 0.29) is 23.7 Å². The quantitative estimate of drug-likeness (QED) is 0.146. The normalized spacial score (nSPS) is 12.3. The van der Waals surface area contributed by atoms with Gasteiger partial charge in [-0.1, -0.05) is 47.6 Å². The number of nitrogens with zero attached hydrogens (tertiary/aromatic N) is 2. The van der Waals surface area contributed by atoms with E-state index < -0.39 is 17.9 Å². The molecule has 0 radical (unpaired) electrons. The Morgan fingerprint density at radius 2 is 1.59 bits per heavy atom. The summed E-state index contributed by atoms with van der Waals surface area (Å²) in [7, 11) is 2.85. The smallest absolute Gasteiger partial charge is 0.315 e. The van der Waals surface area contributed by atoms with Gasteiger partial charge < -0.3 is 14.6 Å². The van der Waals surface area contributed by atoms with Crippen LogP contribution in [0.5, 0.6) is 0 Å². The number of nitroso groups, excluding NO2 is 1. The van der Waals surface area contributed by atoms with Crippen LogP contribution in [0.25, 0.3) is 11.1 Å². The molecule has 0 aliphatic heterocycles. The third-order valence-electron chi connectivity index (χ3n) is 7.03. The van der Waals surface area contributed by atoms with Crippen LogP contribution in [0, 0.1) is 17.6 Å². The van der Waals surface area contributed by atoms with Crippen LogP contribution in [0.1, 0.15) is 47.1 Å². The minimum absolute atomic E-state index is 0.184. The lowest BCUT2D eigenvalue weighted by Crippen LogP contribution is -2.17. The number of esters is 1. The molecule has 4 aromatic rings. The molecule has 0 bridgehead atoms. The number of carbonyl (C=O) groups is 2. The monoisotopic (exact) mass is 555 g/mol. The standard InChI is InChI=1S/C32H30FN3O5/c1-20-16-25(33)11-14-27(20)28(17-29(35-40)24-10-15-31(38)36(2)19-24)23-6-4-21(5-7-23)22-8-12-26(13-9-22)34-30(37)18-32(39)41-3/h4-16,19,28-29H,17-18H2,1-3H3,(H,34,37). The van der Waals surface area contributed by atoms with Crippen molar-refractivity contribution in [2.75, 3.05) is 12.4 Å². The van der Waals surface area contributed by atoms with Crippen LogP contribution in [0.3, 0.4) is 0 Å². The number of halogens is 1. The number of nitrogens with one attached hydrogen (secondary N) is 1. The molecule has 0 saturated carbocycles. The van der Waals surface area contributed by atoms with E-state index in [1.165, 1.54) is 29.9 Å². The fraction of sp³-hybridized carbons (Fsp3) is 0.219. The van der Waals surface area contributed by atoms with Crippen LogP contribution >= 0.6 is 0 Å². The number of anilines is 1. The number of hydrogen-bond acceptors (Lipinski definition) is 6. The summed E-state index contributed by atoms with van der Waals surface area (Å²) in [5.41, 5.74) is 5.40. The number of hydrogen-bond donors (Lipinski definition) is 1. The van der Waals surface area contributed by atoms with Gasteiger partial charge in [-0.3, -0.25) is 14.4 Å². The molecular formula is C32H30FN3O5. The number of ether oxygens (including phenoxy) is 1. The maximum Gasteiger partial charge on any atom is 0.315 e. The molecule has 1 aromatic heterocycles. The van der Waals surface area contributed by atoms with Crippen molar-refractivity contribution >= 4 is 17.6 Å². The van der Waals surface area contributed by atoms with Crippen LogP contribution in [0.2, 0.25) is 0 Å². The molecule has 0 spiro atoms. The Balaban J connectivity index is 1.60. The summed E-state index contributed by atoms with van der Waals surface area (Å²) in [5.74, 6) is -1.68. The van der Waals surface area contributed by atoms with Gasteiger partial charge in [0, 0.05) is 30.9 Å². The summed E-state index contributed by atoms with van der Waals surface area (Å²) in [6.45, 7) is 1.83. The predicted octanol–water partition coefficient (Wildman–Crippen LogP) is 6.03. The van der Waals surface area contributed by atoms with Gasteiger partial charge in [0.25, 0.3) is 0 Å². The molecule has 0 aliphatic rings. The number of pyridine rings is 1. The topological polar surface area (TPSA) is 107 Å². The lowest BCUT2D eigenvalue weighted by Gasteiger charge is -2.23. The third-order valence-corrected chi connectivity index (χ3v) is 7.03. The molecule has 1 amide bonds. The van der Waals surface area contributed by atoms with E-state index in [2.05, 4.69) is 15.2 Å². The van der Waals surface area contributed by atoms with E-state index in [1.54, 1.807) is 37.5 Å². The van der Waals surface area contributed by atoms with Crippen molar-refractivity contribution < 1.29 is 18.7 Å². The van der Waals surface area contributed by atoms with E-state index in [1.807, 2.05) is 43.3 Å². The Bertz CT molecular complexity index is 1610. The predicted molar refractivity (Wildman–Crippen MR) is 155 cm³/mol. The molecular weight excluding hydrogens is 525 g/mol. The Morgan fingerprint density at radius 1 is 0.951 bits per heavy atom. The minimum atomic E-state index is -0.724. The number of amides is 1. The second-order valence-electron chi connectivity index (χ2n) is 9.82. The molecule has 0 aliphatic carbocycles. The van der Waals surface area contributed by atoms with Crippen LogP contribution in [-0.2, 0) is 21.4 Å². The molecule has 0 fully saturated rings. The summed E-state index contributed by atoms with van der Waals surface area (Å²) in [5, 5.41) is 6.05. The lowest BCUT2D eigenvalue weighted by atomic mass is 9.82. The second kappa shape index (κ2) is 13.0. The zero-order valence-corrected chi connectivity index (χ0v) is 23.0. The van der Waals surface area contributed by atoms with Gasteiger partial charge in [0.15, 0.2) is 0 Å². The average Bonchev–Trinajstić information content (AvgIpc) is 2.96. The van der Waals surface area contributed by atoms with Crippen LogP contribution in [0.15, 0.2) is 95.0 Å². The van der Waals surface area contributed by atoms with Gasteiger partial charge in [-0.2, -0.15) is 4.91 Å². The highest BCUT2D eigenvalue weighted by atomic mass is 19.1. The number of rotatable bonds is 10. The second-order valence-corrected chi connectivity index (χ2v) is 9.82. The molecule has 1 N–H and O–H groups in total. The summed E-state index contributed by atoms with van der Waals surface area (Å²) >= 11 is 0.